The molecule has 4 N–H and O–H groups in total. The molecule has 90 valence electrons. The minimum atomic E-state index is -1.36. The minimum Gasteiger partial charge on any atom is -0.394 e. The third-order valence-electron chi connectivity index (χ3n) is 2.33. The van der Waals surface area contributed by atoms with Gasteiger partial charge in [0.1, 0.15) is 24.4 Å². The summed E-state index contributed by atoms with van der Waals surface area (Å²) in [5.74, 6) is 0. The van der Waals surface area contributed by atoms with Crippen molar-refractivity contribution in [3.8, 4) is 0 Å². The van der Waals surface area contributed by atoms with Crippen LogP contribution in [0.1, 0.15) is 13.3 Å². The summed E-state index contributed by atoms with van der Waals surface area (Å²) in [5, 5.41) is 37.2. The van der Waals surface area contributed by atoms with Crippen LogP contribution < -0.4 is 0 Å². The van der Waals surface area contributed by atoms with Crippen molar-refractivity contribution in [2.24, 2.45) is 0 Å². The summed E-state index contributed by atoms with van der Waals surface area (Å²) in [4.78, 5) is 0. The van der Waals surface area contributed by atoms with E-state index in [0.717, 1.165) is 6.42 Å². The van der Waals surface area contributed by atoms with Crippen LogP contribution in [0.15, 0.2) is 0 Å². The van der Waals surface area contributed by atoms with Crippen molar-refractivity contribution in [1.29, 1.82) is 0 Å². The van der Waals surface area contributed by atoms with Crippen LogP contribution in [-0.4, -0.2) is 64.3 Å². The zero-order valence-corrected chi connectivity index (χ0v) is 8.61. The number of aliphatic hydroxyl groups is 4. The molecule has 6 nitrogen and oxygen atoms in total. The Kier molecular flexibility index (Phi) is 4.91. The van der Waals surface area contributed by atoms with Crippen molar-refractivity contribution in [1.82, 2.24) is 0 Å². The van der Waals surface area contributed by atoms with Gasteiger partial charge >= 0.3 is 0 Å². The van der Waals surface area contributed by atoms with Gasteiger partial charge in [-0.25, -0.2) is 0 Å². The van der Waals surface area contributed by atoms with Crippen molar-refractivity contribution in [3.63, 3.8) is 0 Å². The van der Waals surface area contributed by atoms with Gasteiger partial charge in [-0.15, -0.1) is 0 Å². The maximum atomic E-state index is 9.51. The van der Waals surface area contributed by atoms with E-state index >= 15 is 0 Å². The van der Waals surface area contributed by atoms with Crippen LogP contribution in [0.3, 0.4) is 0 Å². The zero-order valence-electron chi connectivity index (χ0n) is 8.61. The highest BCUT2D eigenvalue weighted by Gasteiger charge is 2.43. The number of ether oxygens (including phenoxy) is 2. The first-order valence-corrected chi connectivity index (χ1v) is 5.04. The van der Waals surface area contributed by atoms with Gasteiger partial charge in [-0.05, 0) is 6.42 Å². The van der Waals surface area contributed by atoms with Crippen LogP contribution in [-0.2, 0) is 9.47 Å². The van der Waals surface area contributed by atoms with Gasteiger partial charge in [-0.1, -0.05) is 6.92 Å². The van der Waals surface area contributed by atoms with Gasteiger partial charge in [-0.3, -0.25) is 0 Å². The predicted octanol–water partition coefficient (Wildman–Crippen LogP) is -1.79. The normalized spacial score (nSPS) is 41.8. The van der Waals surface area contributed by atoms with E-state index in [9.17, 15) is 15.3 Å². The molecule has 0 saturated carbocycles. The Morgan fingerprint density at radius 3 is 2.33 bits per heavy atom. The van der Waals surface area contributed by atoms with Gasteiger partial charge in [-0.2, -0.15) is 0 Å². The molecule has 0 spiro atoms. The second-order valence-corrected chi connectivity index (χ2v) is 3.57. The van der Waals surface area contributed by atoms with Crippen LogP contribution in [0.4, 0.5) is 0 Å². The van der Waals surface area contributed by atoms with E-state index in [1.165, 1.54) is 0 Å². The van der Waals surface area contributed by atoms with Crippen molar-refractivity contribution in [2.75, 3.05) is 13.2 Å². The third kappa shape index (κ3) is 2.87. The predicted molar refractivity (Wildman–Crippen MR) is 50.0 cm³/mol. The lowest BCUT2D eigenvalue weighted by Crippen LogP contribution is -2.59. The summed E-state index contributed by atoms with van der Waals surface area (Å²) < 4.78 is 10.2. The molecular weight excluding hydrogens is 204 g/mol. The number of aliphatic hydroxyl groups excluding tert-OH is 4. The Hall–Kier alpha value is -0.240. The molecule has 1 saturated heterocycles. The summed E-state index contributed by atoms with van der Waals surface area (Å²) in [6, 6.07) is 0. The molecule has 0 aromatic carbocycles. The number of hydrogen-bond acceptors (Lipinski definition) is 6. The summed E-state index contributed by atoms with van der Waals surface area (Å²) >= 11 is 0. The number of rotatable bonds is 4. The molecule has 0 unspecified atom stereocenters. The lowest BCUT2D eigenvalue weighted by molar-refractivity contribution is -0.300. The van der Waals surface area contributed by atoms with E-state index in [1.54, 1.807) is 0 Å². The summed E-state index contributed by atoms with van der Waals surface area (Å²) in [7, 11) is 0. The highest BCUT2D eigenvalue weighted by molar-refractivity contribution is 4.88. The molecule has 15 heavy (non-hydrogen) atoms. The SMILES string of the molecule is CCCO[C@H]1O[C@H](CO)[C@@H](O)[C@@H](O)[C@@H]1O. The van der Waals surface area contributed by atoms with E-state index in [4.69, 9.17) is 14.6 Å². The van der Waals surface area contributed by atoms with Gasteiger partial charge in [0.05, 0.1) is 6.61 Å². The van der Waals surface area contributed by atoms with E-state index in [2.05, 4.69) is 0 Å². The maximum absolute atomic E-state index is 9.51. The molecule has 1 aliphatic heterocycles. The maximum Gasteiger partial charge on any atom is 0.186 e. The summed E-state index contributed by atoms with van der Waals surface area (Å²) in [6.07, 6.45) is -5.14. The fourth-order valence-corrected chi connectivity index (χ4v) is 1.44. The Labute approximate surface area is 88.1 Å². The molecule has 5 atom stereocenters. The van der Waals surface area contributed by atoms with Gasteiger partial charge in [0.25, 0.3) is 0 Å². The average Bonchev–Trinajstić information content (AvgIpc) is 2.25. The first-order valence-electron chi connectivity index (χ1n) is 5.04. The van der Waals surface area contributed by atoms with Crippen LogP contribution in [0.25, 0.3) is 0 Å². The Balaban J connectivity index is 2.57. The molecule has 1 aliphatic rings. The molecule has 0 aromatic rings. The summed E-state index contributed by atoms with van der Waals surface area (Å²) in [5.41, 5.74) is 0. The smallest absolute Gasteiger partial charge is 0.186 e. The molecule has 1 rings (SSSR count). The molecule has 0 amide bonds. The largest absolute Gasteiger partial charge is 0.394 e. The van der Waals surface area contributed by atoms with Crippen LogP contribution in [0, 0.1) is 0 Å². The first-order chi connectivity index (χ1) is 7.11. The Bertz CT molecular complexity index is 185. The molecule has 0 aliphatic carbocycles. The molecule has 0 radical (unpaired) electrons. The van der Waals surface area contributed by atoms with Crippen molar-refractivity contribution >= 4 is 0 Å². The van der Waals surface area contributed by atoms with Gasteiger partial charge in [0.15, 0.2) is 6.29 Å². The van der Waals surface area contributed by atoms with Crippen molar-refractivity contribution < 1.29 is 29.9 Å². The standard InChI is InChI=1S/C9H18O6/c1-2-3-14-9-8(13)7(12)6(11)5(4-10)15-9/h5-13H,2-4H2,1H3/t5-,6-,7-,8+,9+/m1/s1. The van der Waals surface area contributed by atoms with Gasteiger partial charge in [0, 0.05) is 6.61 Å². The molecule has 1 fully saturated rings. The van der Waals surface area contributed by atoms with Crippen molar-refractivity contribution in [3.05, 3.63) is 0 Å². The average molecular weight is 222 g/mol. The second-order valence-electron chi connectivity index (χ2n) is 3.57. The first kappa shape index (κ1) is 12.8. The highest BCUT2D eigenvalue weighted by Crippen LogP contribution is 2.21. The molecule has 6 heteroatoms. The minimum absolute atomic E-state index is 0.378. The second kappa shape index (κ2) is 5.74. The third-order valence-corrected chi connectivity index (χ3v) is 2.33. The van der Waals surface area contributed by atoms with Crippen LogP contribution in [0.2, 0.25) is 0 Å². The summed E-state index contributed by atoms with van der Waals surface area (Å²) in [6.45, 7) is 1.84. The van der Waals surface area contributed by atoms with Crippen LogP contribution >= 0.6 is 0 Å². The molecular formula is C9H18O6. The van der Waals surface area contributed by atoms with Crippen LogP contribution in [0.5, 0.6) is 0 Å². The van der Waals surface area contributed by atoms with E-state index in [-0.39, 0.29) is 0 Å². The van der Waals surface area contributed by atoms with E-state index < -0.39 is 37.3 Å². The lowest BCUT2D eigenvalue weighted by Gasteiger charge is -2.39. The topological polar surface area (TPSA) is 99.4 Å². The number of hydrogen-bond donors (Lipinski definition) is 4. The van der Waals surface area contributed by atoms with E-state index in [1.807, 2.05) is 6.92 Å². The molecule has 1 heterocycles. The lowest BCUT2D eigenvalue weighted by atomic mass is 9.99. The monoisotopic (exact) mass is 222 g/mol. The van der Waals surface area contributed by atoms with Crippen molar-refractivity contribution in [2.45, 2.75) is 44.1 Å². The Morgan fingerprint density at radius 1 is 1.13 bits per heavy atom. The highest BCUT2D eigenvalue weighted by atomic mass is 16.7. The van der Waals surface area contributed by atoms with E-state index in [0.29, 0.717) is 6.61 Å². The quantitative estimate of drug-likeness (QED) is 0.448. The fraction of sp³-hybridized carbons (Fsp3) is 1.00. The fourth-order valence-electron chi connectivity index (χ4n) is 1.44. The zero-order chi connectivity index (χ0) is 11.4. The molecule has 0 aromatic heterocycles. The Morgan fingerprint density at radius 2 is 1.80 bits per heavy atom. The molecule has 0 bridgehead atoms. The van der Waals surface area contributed by atoms with Gasteiger partial charge < -0.3 is 29.9 Å². The van der Waals surface area contributed by atoms with Gasteiger partial charge in [0.2, 0.25) is 0 Å².